The van der Waals surface area contributed by atoms with Gasteiger partial charge in [0.05, 0.1) is 35.1 Å². The fourth-order valence-corrected chi connectivity index (χ4v) is 5.21. The van der Waals surface area contributed by atoms with Crippen LogP contribution in [0.2, 0.25) is 0 Å². The second-order valence-electron chi connectivity index (χ2n) is 8.51. The minimum absolute atomic E-state index is 0.0873. The average Bonchev–Trinajstić information content (AvgIpc) is 3.13. The third-order valence-electron chi connectivity index (χ3n) is 5.56. The first-order chi connectivity index (χ1) is 17.3. The Morgan fingerprint density at radius 1 is 1.14 bits per heavy atom. The zero-order chi connectivity index (χ0) is 25.8. The number of rotatable bonds is 8. The van der Waals surface area contributed by atoms with Gasteiger partial charge in [-0.05, 0) is 64.5 Å². The van der Waals surface area contributed by atoms with Gasteiger partial charge in [0.15, 0.2) is 4.80 Å². The first kappa shape index (κ1) is 25.4. The Hall–Kier alpha value is -3.65. The molecule has 2 aromatic carbocycles. The summed E-state index contributed by atoms with van der Waals surface area (Å²) in [4.78, 5) is 32.1. The highest BCUT2D eigenvalue weighted by Gasteiger charge is 2.35. The second kappa shape index (κ2) is 11.0. The lowest BCUT2D eigenvalue weighted by molar-refractivity contribution is -0.139. The van der Waals surface area contributed by atoms with Gasteiger partial charge in [0.2, 0.25) is 0 Å². The maximum absolute atomic E-state index is 13.8. The molecule has 0 aliphatic carbocycles. The summed E-state index contributed by atoms with van der Waals surface area (Å²) in [5.41, 5.74) is 2.15. The standard InChI is InChI=1S/C28H30N2O5S/c1-6-33-20-12-10-11-19(15-20)16-23-26(31)30-25(21-13-8-9-14-22(21)35-17(3)4)24(27(32)34-7-2)18(5)29-28(30)36-23/h8-17,25H,6-7H2,1-5H3/b23-16-/t25-/m1/s1. The normalized spacial score (nSPS) is 15.5. The van der Waals surface area contributed by atoms with Crippen molar-refractivity contribution < 1.29 is 19.0 Å². The fourth-order valence-electron chi connectivity index (χ4n) is 4.17. The van der Waals surface area contributed by atoms with Crippen molar-refractivity contribution in [2.24, 2.45) is 4.99 Å². The number of carbonyl (C=O) groups is 1. The van der Waals surface area contributed by atoms with E-state index in [2.05, 4.69) is 4.99 Å². The van der Waals surface area contributed by atoms with Crippen LogP contribution in [0.15, 0.2) is 69.6 Å². The SMILES string of the molecule is CCOC(=O)C1=C(C)N=c2s/c(=C\c3cccc(OCC)c3)c(=O)n2[C@@H]1c1ccccc1OC(C)C. The molecule has 188 valence electrons. The molecule has 7 nitrogen and oxygen atoms in total. The predicted molar refractivity (Wildman–Crippen MR) is 140 cm³/mol. The van der Waals surface area contributed by atoms with Crippen molar-refractivity contribution in [3.8, 4) is 11.5 Å². The van der Waals surface area contributed by atoms with Crippen LogP contribution in [0.25, 0.3) is 6.08 Å². The number of thiazole rings is 1. The second-order valence-corrected chi connectivity index (χ2v) is 9.52. The molecule has 3 aromatic rings. The number of esters is 1. The summed E-state index contributed by atoms with van der Waals surface area (Å²) in [5, 5.41) is 0. The minimum atomic E-state index is -0.729. The van der Waals surface area contributed by atoms with Gasteiger partial charge in [0, 0.05) is 5.56 Å². The Balaban J connectivity index is 1.95. The van der Waals surface area contributed by atoms with Crippen LogP contribution in [0.3, 0.4) is 0 Å². The van der Waals surface area contributed by atoms with Crippen LogP contribution in [0, 0.1) is 0 Å². The molecule has 0 amide bonds. The molecule has 0 unspecified atom stereocenters. The van der Waals surface area contributed by atoms with E-state index in [0.717, 1.165) is 11.3 Å². The van der Waals surface area contributed by atoms with Gasteiger partial charge in [-0.2, -0.15) is 0 Å². The first-order valence-electron chi connectivity index (χ1n) is 12.0. The quantitative estimate of drug-likeness (QED) is 0.432. The molecule has 1 aromatic heterocycles. The van der Waals surface area contributed by atoms with Gasteiger partial charge in [-0.25, -0.2) is 9.79 Å². The van der Waals surface area contributed by atoms with E-state index in [4.69, 9.17) is 14.2 Å². The molecular weight excluding hydrogens is 476 g/mol. The maximum Gasteiger partial charge on any atom is 0.338 e. The summed E-state index contributed by atoms with van der Waals surface area (Å²) in [6, 6.07) is 14.3. The topological polar surface area (TPSA) is 79.1 Å². The van der Waals surface area contributed by atoms with Gasteiger partial charge in [0.25, 0.3) is 5.56 Å². The van der Waals surface area contributed by atoms with E-state index in [0.29, 0.717) is 38.5 Å². The Morgan fingerprint density at radius 3 is 2.64 bits per heavy atom. The van der Waals surface area contributed by atoms with Crippen molar-refractivity contribution in [2.45, 2.75) is 46.8 Å². The number of allylic oxidation sites excluding steroid dienone is 1. The van der Waals surface area contributed by atoms with E-state index in [9.17, 15) is 9.59 Å². The number of carbonyl (C=O) groups excluding carboxylic acids is 1. The van der Waals surface area contributed by atoms with Gasteiger partial charge < -0.3 is 14.2 Å². The molecule has 36 heavy (non-hydrogen) atoms. The number of fused-ring (bicyclic) bond motifs is 1. The number of aromatic nitrogens is 1. The van der Waals surface area contributed by atoms with Gasteiger partial charge in [-0.3, -0.25) is 9.36 Å². The summed E-state index contributed by atoms with van der Waals surface area (Å²) in [7, 11) is 0. The number of hydrogen-bond donors (Lipinski definition) is 0. The van der Waals surface area contributed by atoms with E-state index in [-0.39, 0.29) is 18.3 Å². The number of para-hydroxylation sites is 1. The molecule has 0 bridgehead atoms. The van der Waals surface area contributed by atoms with Crippen LogP contribution in [0.5, 0.6) is 11.5 Å². The van der Waals surface area contributed by atoms with Crippen LogP contribution in [-0.2, 0) is 9.53 Å². The van der Waals surface area contributed by atoms with Gasteiger partial charge in [-0.1, -0.05) is 41.7 Å². The lowest BCUT2D eigenvalue weighted by atomic mass is 9.95. The summed E-state index contributed by atoms with van der Waals surface area (Å²) in [5.74, 6) is 0.840. The molecule has 0 saturated heterocycles. The van der Waals surface area contributed by atoms with Crippen molar-refractivity contribution in [3.05, 3.63) is 90.6 Å². The zero-order valence-corrected chi connectivity index (χ0v) is 21.9. The van der Waals surface area contributed by atoms with Gasteiger partial charge in [0.1, 0.15) is 17.5 Å². The third kappa shape index (κ3) is 5.14. The highest BCUT2D eigenvalue weighted by atomic mass is 32.1. The summed E-state index contributed by atoms with van der Waals surface area (Å²) in [6.07, 6.45) is 1.74. The smallest absolute Gasteiger partial charge is 0.338 e. The Labute approximate surface area is 214 Å². The maximum atomic E-state index is 13.8. The van der Waals surface area contributed by atoms with Crippen molar-refractivity contribution in [2.75, 3.05) is 13.2 Å². The summed E-state index contributed by atoms with van der Waals surface area (Å²) < 4.78 is 19.1. The molecule has 0 N–H and O–H groups in total. The third-order valence-corrected chi connectivity index (χ3v) is 6.54. The van der Waals surface area contributed by atoms with Gasteiger partial charge in [-0.15, -0.1) is 0 Å². The molecule has 1 aliphatic rings. The number of ether oxygens (including phenoxy) is 3. The van der Waals surface area contributed by atoms with E-state index >= 15 is 0 Å². The average molecular weight is 507 g/mol. The molecule has 0 saturated carbocycles. The lowest BCUT2D eigenvalue weighted by Crippen LogP contribution is -2.40. The van der Waals surface area contributed by atoms with E-state index in [1.807, 2.05) is 75.4 Å². The molecular formula is C28H30N2O5S. The predicted octanol–water partition coefficient (Wildman–Crippen LogP) is 3.98. The monoisotopic (exact) mass is 506 g/mol. The molecule has 1 atom stereocenters. The fraction of sp³-hybridized carbons (Fsp3) is 0.321. The number of hydrogen-bond acceptors (Lipinski definition) is 7. The summed E-state index contributed by atoms with van der Waals surface area (Å²) in [6.45, 7) is 10.1. The molecule has 0 fully saturated rings. The molecule has 0 spiro atoms. The van der Waals surface area contributed by atoms with Crippen LogP contribution < -0.4 is 24.4 Å². The zero-order valence-electron chi connectivity index (χ0n) is 21.1. The van der Waals surface area contributed by atoms with Crippen LogP contribution in [0.1, 0.15) is 51.8 Å². The highest BCUT2D eigenvalue weighted by Crippen LogP contribution is 2.36. The molecule has 0 radical (unpaired) electrons. The Kier molecular flexibility index (Phi) is 7.74. The molecule has 1 aliphatic heterocycles. The minimum Gasteiger partial charge on any atom is -0.494 e. The van der Waals surface area contributed by atoms with Crippen LogP contribution >= 0.6 is 11.3 Å². The number of nitrogens with zero attached hydrogens (tertiary/aromatic N) is 2. The van der Waals surface area contributed by atoms with Crippen molar-refractivity contribution in [1.29, 1.82) is 0 Å². The van der Waals surface area contributed by atoms with Crippen molar-refractivity contribution in [1.82, 2.24) is 4.57 Å². The Bertz CT molecular complexity index is 1480. The molecule has 2 heterocycles. The van der Waals surface area contributed by atoms with E-state index in [1.54, 1.807) is 18.4 Å². The van der Waals surface area contributed by atoms with Gasteiger partial charge >= 0.3 is 5.97 Å². The van der Waals surface area contributed by atoms with Crippen molar-refractivity contribution in [3.63, 3.8) is 0 Å². The van der Waals surface area contributed by atoms with Crippen LogP contribution in [0.4, 0.5) is 0 Å². The molecule has 8 heteroatoms. The summed E-state index contributed by atoms with van der Waals surface area (Å²) >= 11 is 1.29. The largest absolute Gasteiger partial charge is 0.494 e. The van der Waals surface area contributed by atoms with E-state index in [1.165, 1.54) is 11.3 Å². The first-order valence-corrected chi connectivity index (χ1v) is 12.8. The van der Waals surface area contributed by atoms with Crippen LogP contribution in [-0.4, -0.2) is 29.9 Å². The number of benzene rings is 2. The lowest BCUT2D eigenvalue weighted by Gasteiger charge is -2.26. The van der Waals surface area contributed by atoms with E-state index < -0.39 is 12.0 Å². The Morgan fingerprint density at radius 2 is 1.92 bits per heavy atom. The highest BCUT2D eigenvalue weighted by molar-refractivity contribution is 7.07. The van der Waals surface area contributed by atoms with Crippen molar-refractivity contribution >= 4 is 23.4 Å². The molecule has 4 rings (SSSR count).